The van der Waals surface area contributed by atoms with Gasteiger partial charge in [0.05, 0.1) is 10.9 Å². The Kier molecular flexibility index (Phi) is 5.01. The van der Waals surface area contributed by atoms with Crippen LogP contribution < -0.4 is 9.80 Å². The minimum absolute atomic E-state index is 0.00348. The van der Waals surface area contributed by atoms with Gasteiger partial charge in [-0.15, -0.1) is 11.3 Å². The molecule has 142 valence electrons. The number of benzene rings is 2. The van der Waals surface area contributed by atoms with Crippen molar-refractivity contribution in [2.24, 2.45) is 0 Å². The molecule has 2 amide bonds. The van der Waals surface area contributed by atoms with Gasteiger partial charge in [-0.25, -0.2) is 0 Å². The zero-order valence-corrected chi connectivity index (χ0v) is 16.7. The van der Waals surface area contributed by atoms with E-state index in [9.17, 15) is 9.59 Å². The second-order valence-electron chi connectivity index (χ2n) is 7.04. The van der Waals surface area contributed by atoms with Gasteiger partial charge in [-0.3, -0.25) is 9.59 Å². The third-order valence-electron chi connectivity index (χ3n) is 5.20. The maximum atomic E-state index is 13.2. The number of hydrogen-bond acceptors (Lipinski definition) is 3. The van der Waals surface area contributed by atoms with E-state index in [0.717, 1.165) is 21.8 Å². The Balaban J connectivity index is 1.79. The fraction of sp³-hybridized carbons (Fsp3) is 0.217. The highest BCUT2D eigenvalue weighted by molar-refractivity contribution is 7.12. The van der Waals surface area contributed by atoms with Crippen molar-refractivity contribution in [3.05, 3.63) is 82.6 Å². The lowest BCUT2D eigenvalue weighted by Gasteiger charge is -2.43. The third kappa shape index (κ3) is 3.22. The van der Waals surface area contributed by atoms with Gasteiger partial charge in [0.1, 0.15) is 0 Å². The molecule has 0 saturated carbocycles. The Bertz CT molecular complexity index is 985. The predicted octanol–water partition coefficient (Wildman–Crippen LogP) is 5.28. The van der Waals surface area contributed by atoms with Crippen molar-refractivity contribution in [2.45, 2.75) is 32.4 Å². The van der Waals surface area contributed by atoms with Crippen LogP contribution in [0, 0.1) is 0 Å². The first kappa shape index (κ1) is 18.4. The van der Waals surface area contributed by atoms with Gasteiger partial charge in [0.2, 0.25) is 5.91 Å². The number of hydrogen-bond donors (Lipinski definition) is 0. The van der Waals surface area contributed by atoms with Gasteiger partial charge in [-0.05, 0) is 48.6 Å². The second kappa shape index (κ2) is 7.60. The SMILES string of the molecule is CC(=O)N(c1ccccc1)[C@@H]1C[C@@H](C)N(C(=O)c2cccs2)c2ccccc21. The molecular formula is C23H22N2O2S. The smallest absolute Gasteiger partial charge is 0.268 e. The lowest BCUT2D eigenvalue weighted by atomic mass is 9.89. The monoisotopic (exact) mass is 390 g/mol. The maximum Gasteiger partial charge on any atom is 0.268 e. The Morgan fingerprint density at radius 1 is 1.00 bits per heavy atom. The van der Waals surface area contributed by atoms with Crippen LogP contribution in [0.5, 0.6) is 0 Å². The molecule has 0 fully saturated rings. The van der Waals surface area contributed by atoms with Crippen molar-refractivity contribution >= 4 is 34.5 Å². The van der Waals surface area contributed by atoms with Crippen LogP contribution >= 0.6 is 11.3 Å². The molecule has 1 aliphatic rings. The minimum Gasteiger partial charge on any atom is -0.305 e. The van der Waals surface area contributed by atoms with E-state index < -0.39 is 0 Å². The highest BCUT2D eigenvalue weighted by Crippen LogP contribution is 2.42. The molecule has 5 heteroatoms. The highest BCUT2D eigenvalue weighted by Gasteiger charge is 2.38. The zero-order valence-electron chi connectivity index (χ0n) is 15.9. The number of para-hydroxylation sites is 2. The first-order valence-electron chi connectivity index (χ1n) is 9.38. The second-order valence-corrected chi connectivity index (χ2v) is 7.98. The molecule has 28 heavy (non-hydrogen) atoms. The van der Waals surface area contributed by atoms with Crippen LogP contribution in [0.2, 0.25) is 0 Å². The summed E-state index contributed by atoms with van der Waals surface area (Å²) in [7, 11) is 0. The van der Waals surface area contributed by atoms with E-state index in [-0.39, 0.29) is 23.9 Å². The number of anilines is 2. The number of fused-ring (bicyclic) bond motifs is 1. The Morgan fingerprint density at radius 2 is 1.71 bits per heavy atom. The third-order valence-corrected chi connectivity index (χ3v) is 6.05. The molecule has 0 unspecified atom stereocenters. The lowest BCUT2D eigenvalue weighted by molar-refractivity contribution is -0.117. The van der Waals surface area contributed by atoms with E-state index in [1.165, 1.54) is 11.3 Å². The van der Waals surface area contributed by atoms with Gasteiger partial charge >= 0.3 is 0 Å². The van der Waals surface area contributed by atoms with E-state index >= 15 is 0 Å². The number of carbonyl (C=O) groups is 2. The van der Waals surface area contributed by atoms with Gasteiger partial charge in [0.15, 0.2) is 0 Å². The molecule has 0 aliphatic carbocycles. The van der Waals surface area contributed by atoms with Crippen LogP contribution in [0.25, 0.3) is 0 Å². The molecule has 1 aromatic heterocycles. The molecule has 4 nitrogen and oxygen atoms in total. The number of nitrogens with zero attached hydrogens (tertiary/aromatic N) is 2. The fourth-order valence-corrected chi connectivity index (χ4v) is 4.68. The minimum atomic E-state index is -0.113. The Hall–Kier alpha value is -2.92. The van der Waals surface area contributed by atoms with E-state index in [4.69, 9.17) is 0 Å². The number of thiophene rings is 1. The Labute approximate surface area is 169 Å². The molecule has 4 rings (SSSR count). The molecule has 2 aromatic carbocycles. The molecule has 2 heterocycles. The van der Waals surface area contributed by atoms with Gasteiger partial charge in [-0.1, -0.05) is 42.5 Å². The van der Waals surface area contributed by atoms with E-state index in [1.54, 1.807) is 6.92 Å². The maximum absolute atomic E-state index is 13.2. The molecule has 0 N–H and O–H groups in total. The van der Waals surface area contributed by atoms with E-state index in [2.05, 4.69) is 6.92 Å². The van der Waals surface area contributed by atoms with Crippen LogP contribution in [0.4, 0.5) is 11.4 Å². The number of rotatable bonds is 3. The summed E-state index contributed by atoms with van der Waals surface area (Å²) in [5.41, 5.74) is 2.76. The van der Waals surface area contributed by atoms with Gasteiger partial charge in [-0.2, -0.15) is 0 Å². The first-order chi connectivity index (χ1) is 13.6. The van der Waals surface area contributed by atoms with Crippen LogP contribution in [0.3, 0.4) is 0 Å². The molecule has 1 aliphatic heterocycles. The van der Waals surface area contributed by atoms with E-state index in [1.807, 2.05) is 81.9 Å². The number of carbonyl (C=O) groups excluding carboxylic acids is 2. The molecular weight excluding hydrogens is 368 g/mol. The largest absolute Gasteiger partial charge is 0.305 e. The first-order valence-corrected chi connectivity index (χ1v) is 10.3. The van der Waals surface area contributed by atoms with Crippen molar-refractivity contribution in [1.82, 2.24) is 0 Å². The van der Waals surface area contributed by atoms with Crippen LogP contribution in [0.1, 0.15) is 41.5 Å². The molecule has 3 aromatic rings. The van der Waals surface area contributed by atoms with Crippen molar-refractivity contribution < 1.29 is 9.59 Å². The average Bonchev–Trinajstić information content (AvgIpc) is 3.23. The van der Waals surface area contributed by atoms with Crippen molar-refractivity contribution in [3.63, 3.8) is 0 Å². The molecule has 2 atom stereocenters. The summed E-state index contributed by atoms with van der Waals surface area (Å²) in [6.45, 7) is 3.65. The van der Waals surface area contributed by atoms with Gasteiger partial charge in [0.25, 0.3) is 5.91 Å². The lowest BCUT2D eigenvalue weighted by Crippen LogP contribution is -2.47. The number of amides is 2. The molecule has 0 radical (unpaired) electrons. The summed E-state index contributed by atoms with van der Waals surface area (Å²) < 4.78 is 0. The molecule has 0 spiro atoms. The van der Waals surface area contributed by atoms with Crippen molar-refractivity contribution in [3.8, 4) is 0 Å². The van der Waals surface area contributed by atoms with Gasteiger partial charge in [0, 0.05) is 24.3 Å². The summed E-state index contributed by atoms with van der Waals surface area (Å²) in [6.07, 6.45) is 0.683. The average molecular weight is 391 g/mol. The van der Waals surface area contributed by atoms with Crippen molar-refractivity contribution in [1.29, 1.82) is 0 Å². The predicted molar refractivity (Wildman–Crippen MR) is 114 cm³/mol. The normalized spacial score (nSPS) is 18.4. The molecule has 0 saturated heterocycles. The van der Waals surface area contributed by atoms with E-state index in [0.29, 0.717) is 6.42 Å². The quantitative estimate of drug-likeness (QED) is 0.610. The van der Waals surface area contributed by atoms with Crippen LogP contribution in [-0.4, -0.2) is 17.9 Å². The van der Waals surface area contributed by atoms with Crippen molar-refractivity contribution in [2.75, 3.05) is 9.80 Å². The standard InChI is InChI=1S/C23H22N2O2S/c1-16-15-21(25(17(2)26)18-9-4-3-5-10-18)19-11-6-7-12-20(19)24(16)23(27)22-13-8-14-28-22/h3-14,16,21H,15H2,1-2H3/t16-,21-/m1/s1. The summed E-state index contributed by atoms with van der Waals surface area (Å²) in [6, 6.07) is 21.3. The summed E-state index contributed by atoms with van der Waals surface area (Å²) in [4.78, 5) is 30.2. The van der Waals surface area contributed by atoms with Crippen LogP contribution in [0.15, 0.2) is 72.1 Å². The summed E-state index contributed by atoms with van der Waals surface area (Å²) in [5, 5.41) is 1.92. The highest BCUT2D eigenvalue weighted by atomic mass is 32.1. The fourth-order valence-electron chi connectivity index (χ4n) is 4.02. The summed E-state index contributed by atoms with van der Waals surface area (Å²) >= 11 is 1.45. The zero-order chi connectivity index (χ0) is 19.7. The van der Waals surface area contributed by atoms with Gasteiger partial charge < -0.3 is 9.80 Å². The Morgan fingerprint density at radius 3 is 2.39 bits per heavy atom. The summed E-state index contributed by atoms with van der Waals surface area (Å²) in [5.74, 6) is 0.0127. The van der Waals surface area contributed by atoms with Crippen LogP contribution in [-0.2, 0) is 4.79 Å². The molecule has 0 bridgehead atoms. The topological polar surface area (TPSA) is 40.6 Å².